The van der Waals surface area contributed by atoms with Crippen molar-refractivity contribution in [3.8, 4) is 0 Å². The lowest BCUT2D eigenvalue weighted by atomic mass is 10.2. The Balaban J connectivity index is 1.67. The zero-order chi connectivity index (χ0) is 19.4. The van der Waals surface area contributed by atoms with Gasteiger partial charge in [-0.2, -0.15) is 0 Å². The van der Waals surface area contributed by atoms with Gasteiger partial charge in [0.25, 0.3) is 11.8 Å². The number of carbonyl (C=O) groups is 2. The van der Waals surface area contributed by atoms with Crippen LogP contribution in [0.2, 0.25) is 0 Å². The lowest BCUT2D eigenvalue weighted by molar-refractivity contribution is -0.120. The SMILES string of the molecule is CC1N=C(C(=O)NCc2ccc(N(C)C)nc2)NN(c2ccccc2)C1=O. The number of carbonyl (C=O) groups excluding carboxylic acids is 2. The molecule has 1 aliphatic rings. The molecule has 3 rings (SSSR count). The number of benzene rings is 1. The Labute approximate surface area is 157 Å². The van der Waals surface area contributed by atoms with E-state index in [0.717, 1.165) is 11.4 Å². The van der Waals surface area contributed by atoms with Gasteiger partial charge in [0.15, 0.2) is 0 Å². The second kappa shape index (κ2) is 7.86. The molecule has 8 heteroatoms. The van der Waals surface area contributed by atoms with Gasteiger partial charge in [-0.3, -0.25) is 15.0 Å². The number of hydrazine groups is 1. The predicted molar refractivity (Wildman–Crippen MR) is 104 cm³/mol. The van der Waals surface area contributed by atoms with Gasteiger partial charge in [-0.05, 0) is 30.7 Å². The molecule has 2 aromatic rings. The lowest BCUT2D eigenvalue weighted by Gasteiger charge is -2.30. The summed E-state index contributed by atoms with van der Waals surface area (Å²) in [6.07, 6.45) is 1.72. The minimum absolute atomic E-state index is 0.101. The maximum absolute atomic E-state index is 12.5. The number of nitrogens with zero attached hydrogens (tertiary/aromatic N) is 4. The third kappa shape index (κ3) is 4.22. The normalized spacial score (nSPS) is 16.4. The molecular formula is C19H22N6O2. The van der Waals surface area contributed by atoms with Crippen molar-refractivity contribution < 1.29 is 9.59 Å². The number of aromatic nitrogens is 1. The minimum Gasteiger partial charge on any atom is -0.363 e. The average Bonchev–Trinajstić information content (AvgIpc) is 2.69. The highest BCUT2D eigenvalue weighted by atomic mass is 16.2. The summed E-state index contributed by atoms with van der Waals surface area (Å²) in [5.41, 5.74) is 4.33. The van der Waals surface area contributed by atoms with Crippen molar-refractivity contribution in [1.82, 2.24) is 15.7 Å². The van der Waals surface area contributed by atoms with E-state index in [4.69, 9.17) is 0 Å². The number of pyridine rings is 1. The van der Waals surface area contributed by atoms with Gasteiger partial charge in [-0.1, -0.05) is 24.3 Å². The highest BCUT2D eigenvalue weighted by molar-refractivity contribution is 6.39. The van der Waals surface area contributed by atoms with E-state index < -0.39 is 6.04 Å². The molecule has 2 amide bonds. The number of rotatable bonds is 5. The maximum atomic E-state index is 12.5. The van der Waals surface area contributed by atoms with Crippen LogP contribution in [0.3, 0.4) is 0 Å². The van der Waals surface area contributed by atoms with Gasteiger partial charge in [0, 0.05) is 26.8 Å². The van der Waals surface area contributed by atoms with Crippen molar-refractivity contribution in [3.05, 3.63) is 54.2 Å². The highest BCUT2D eigenvalue weighted by Crippen LogP contribution is 2.16. The monoisotopic (exact) mass is 366 g/mol. The number of amidine groups is 1. The average molecular weight is 366 g/mol. The van der Waals surface area contributed by atoms with Crippen molar-refractivity contribution in [2.45, 2.75) is 19.5 Å². The van der Waals surface area contributed by atoms with Crippen LogP contribution in [-0.4, -0.2) is 42.8 Å². The first-order valence-corrected chi connectivity index (χ1v) is 8.59. The van der Waals surface area contributed by atoms with E-state index in [1.54, 1.807) is 25.3 Å². The molecular weight excluding hydrogens is 344 g/mol. The van der Waals surface area contributed by atoms with Crippen LogP contribution in [-0.2, 0) is 16.1 Å². The molecule has 1 atom stereocenters. The van der Waals surface area contributed by atoms with Crippen LogP contribution in [0.1, 0.15) is 12.5 Å². The standard InChI is InChI=1S/C19H22N6O2/c1-13-19(27)25(15-7-5-4-6-8-15)23-17(22-13)18(26)21-12-14-9-10-16(20-11-14)24(2)3/h4-11,13H,12H2,1-3H3,(H,21,26)(H,22,23). The Bertz CT molecular complexity index is 848. The van der Waals surface area contributed by atoms with E-state index in [2.05, 4.69) is 20.7 Å². The number of nitrogens with one attached hydrogen (secondary N) is 2. The van der Waals surface area contributed by atoms with Crippen molar-refractivity contribution in [3.63, 3.8) is 0 Å². The molecule has 0 saturated heterocycles. The molecule has 8 nitrogen and oxygen atoms in total. The molecule has 1 unspecified atom stereocenters. The van der Waals surface area contributed by atoms with Crippen LogP contribution in [0.5, 0.6) is 0 Å². The Hall–Kier alpha value is -3.42. The highest BCUT2D eigenvalue weighted by Gasteiger charge is 2.30. The molecule has 1 aliphatic heterocycles. The van der Waals surface area contributed by atoms with Crippen molar-refractivity contribution >= 4 is 29.2 Å². The quantitative estimate of drug-likeness (QED) is 0.827. The van der Waals surface area contributed by atoms with Gasteiger partial charge in [0.2, 0.25) is 5.84 Å². The lowest BCUT2D eigenvalue weighted by Crippen LogP contribution is -2.57. The molecule has 0 saturated carbocycles. The van der Waals surface area contributed by atoms with E-state index >= 15 is 0 Å². The van der Waals surface area contributed by atoms with Crippen molar-refractivity contribution in [1.29, 1.82) is 0 Å². The topological polar surface area (TPSA) is 89.9 Å². The fraction of sp³-hybridized carbons (Fsp3) is 0.263. The molecule has 2 N–H and O–H groups in total. The summed E-state index contributed by atoms with van der Waals surface area (Å²) in [6, 6.07) is 12.2. The first kappa shape index (κ1) is 18.4. The third-order valence-electron chi connectivity index (χ3n) is 4.07. The summed E-state index contributed by atoms with van der Waals surface area (Å²) < 4.78 is 0. The maximum Gasteiger partial charge on any atom is 0.288 e. The van der Waals surface area contributed by atoms with Crippen molar-refractivity contribution in [2.75, 3.05) is 24.0 Å². The zero-order valence-corrected chi connectivity index (χ0v) is 15.5. The van der Waals surface area contributed by atoms with Gasteiger partial charge in [0.05, 0.1) is 5.69 Å². The van der Waals surface area contributed by atoms with Gasteiger partial charge in [-0.15, -0.1) is 0 Å². The Kier molecular flexibility index (Phi) is 5.35. The van der Waals surface area contributed by atoms with E-state index in [1.807, 2.05) is 49.3 Å². The first-order chi connectivity index (χ1) is 13.0. The molecule has 27 heavy (non-hydrogen) atoms. The summed E-state index contributed by atoms with van der Waals surface area (Å²) in [7, 11) is 3.83. The Morgan fingerprint density at radius 2 is 1.96 bits per heavy atom. The van der Waals surface area contributed by atoms with Gasteiger partial charge < -0.3 is 10.2 Å². The molecule has 0 bridgehead atoms. The van der Waals surface area contributed by atoms with Crippen LogP contribution >= 0.6 is 0 Å². The number of para-hydroxylation sites is 1. The van der Waals surface area contributed by atoms with Crippen LogP contribution in [0.25, 0.3) is 0 Å². The summed E-state index contributed by atoms with van der Waals surface area (Å²) in [5.74, 6) is 0.339. The number of hydrogen-bond acceptors (Lipinski definition) is 6. The zero-order valence-electron chi connectivity index (χ0n) is 15.5. The van der Waals surface area contributed by atoms with Crippen LogP contribution in [0.4, 0.5) is 11.5 Å². The molecule has 0 spiro atoms. The Morgan fingerprint density at radius 1 is 1.22 bits per heavy atom. The fourth-order valence-corrected chi connectivity index (χ4v) is 2.56. The molecule has 140 valence electrons. The smallest absolute Gasteiger partial charge is 0.288 e. The second-order valence-corrected chi connectivity index (χ2v) is 6.38. The second-order valence-electron chi connectivity index (χ2n) is 6.38. The summed E-state index contributed by atoms with van der Waals surface area (Å²) in [4.78, 5) is 35.3. The van der Waals surface area contributed by atoms with Crippen molar-refractivity contribution in [2.24, 2.45) is 4.99 Å². The molecule has 1 aromatic carbocycles. The number of hydrogen-bond donors (Lipinski definition) is 2. The molecule has 0 aliphatic carbocycles. The number of amides is 2. The minimum atomic E-state index is -0.645. The van der Waals surface area contributed by atoms with E-state index in [0.29, 0.717) is 12.2 Å². The fourth-order valence-electron chi connectivity index (χ4n) is 2.56. The van der Waals surface area contributed by atoms with Gasteiger partial charge >= 0.3 is 0 Å². The number of aliphatic imine (C=N–C) groups is 1. The van der Waals surface area contributed by atoms with E-state index in [-0.39, 0.29) is 17.6 Å². The number of anilines is 2. The molecule has 2 heterocycles. The van der Waals surface area contributed by atoms with Gasteiger partial charge in [0.1, 0.15) is 11.9 Å². The van der Waals surface area contributed by atoms with Crippen LogP contribution in [0.15, 0.2) is 53.7 Å². The van der Waals surface area contributed by atoms with Crippen LogP contribution in [0, 0.1) is 0 Å². The van der Waals surface area contributed by atoms with Gasteiger partial charge in [-0.25, -0.2) is 15.0 Å². The largest absolute Gasteiger partial charge is 0.363 e. The third-order valence-corrected chi connectivity index (χ3v) is 4.07. The summed E-state index contributed by atoms with van der Waals surface area (Å²) in [6.45, 7) is 1.98. The Morgan fingerprint density at radius 3 is 2.59 bits per heavy atom. The van der Waals surface area contributed by atoms with E-state index in [1.165, 1.54) is 5.01 Å². The predicted octanol–water partition coefficient (Wildman–Crippen LogP) is 1.10. The summed E-state index contributed by atoms with van der Waals surface area (Å²) in [5, 5.41) is 4.15. The molecule has 1 aromatic heterocycles. The first-order valence-electron chi connectivity index (χ1n) is 8.59. The van der Waals surface area contributed by atoms with E-state index in [9.17, 15) is 9.59 Å². The summed E-state index contributed by atoms with van der Waals surface area (Å²) >= 11 is 0. The van der Waals surface area contributed by atoms with Crippen LogP contribution < -0.4 is 20.7 Å². The molecule has 0 radical (unpaired) electrons. The molecule has 0 fully saturated rings.